The Morgan fingerprint density at radius 2 is 2.05 bits per heavy atom. The summed E-state index contributed by atoms with van der Waals surface area (Å²) in [6.45, 7) is 7.43. The summed E-state index contributed by atoms with van der Waals surface area (Å²) in [6, 6.07) is 4.80. The first-order valence-electron chi connectivity index (χ1n) is 6.82. The molecule has 19 heavy (non-hydrogen) atoms. The number of nitrogens with one attached hydrogen (secondary N) is 1. The maximum Gasteiger partial charge on any atom is 0.131 e. The smallest absolute Gasteiger partial charge is 0.131 e. The Balaban J connectivity index is 2.95. The highest BCUT2D eigenvalue weighted by Crippen LogP contribution is 2.25. The Morgan fingerprint density at radius 1 is 1.32 bits per heavy atom. The molecule has 3 nitrogen and oxygen atoms in total. The lowest BCUT2D eigenvalue weighted by atomic mass is 10.0. The van der Waals surface area contributed by atoms with Crippen molar-refractivity contribution in [2.24, 2.45) is 0 Å². The molecule has 2 atom stereocenters. The van der Waals surface area contributed by atoms with Gasteiger partial charge in [0.25, 0.3) is 0 Å². The van der Waals surface area contributed by atoms with Crippen molar-refractivity contribution in [2.75, 3.05) is 20.3 Å². The maximum absolute atomic E-state index is 14.1. The Kier molecular flexibility index (Phi) is 6.81. The first kappa shape index (κ1) is 15.9. The largest absolute Gasteiger partial charge is 0.497 e. The van der Waals surface area contributed by atoms with Crippen LogP contribution in [0.5, 0.6) is 5.75 Å². The molecule has 1 N–H and O–H groups in total. The normalized spacial score (nSPS) is 14.2. The van der Waals surface area contributed by atoms with Gasteiger partial charge in [0.05, 0.1) is 19.3 Å². The third kappa shape index (κ3) is 4.48. The fraction of sp³-hybridized carbons (Fsp3) is 0.600. The van der Waals surface area contributed by atoms with Gasteiger partial charge in [-0.2, -0.15) is 0 Å². The second-order valence-electron chi connectivity index (χ2n) is 4.48. The summed E-state index contributed by atoms with van der Waals surface area (Å²) in [4.78, 5) is 0. The fourth-order valence-corrected chi connectivity index (χ4v) is 2.07. The lowest BCUT2D eigenvalue weighted by Crippen LogP contribution is -2.33. The molecule has 1 aromatic rings. The molecule has 0 spiro atoms. The summed E-state index contributed by atoms with van der Waals surface area (Å²) in [7, 11) is 1.53. The molecular formula is C15H24FNO2. The molecule has 0 aliphatic heterocycles. The third-order valence-corrected chi connectivity index (χ3v) is 3.06. The molecule has 0 radical (unpaired) electrons. The van der Waals surface area contributed by atoms with Gasteiger partial charge in [0.2, 0.25) is 0 Å². The van der Waals surface area contributed by atoms with Crippen molar-refractivity contribution in [1.29, 1.82) is 0 Å². The van der Waals surface area contributed by atoms with Crippen LogP contribution >= 0.6 is 0 Å². The van der Waals surface area contributed by atoms with E-state index < -0.39 is 0 Å². The van der Waals surface area contributed by atoms with Crippen LogP contribution in [0.2, 0.25) is 0 Å². The van der Waals surface area contributed by atoms with E-state index in [0.29, 0.717) is 17.9 Å². The number of hydrogen-bond donors (Lipinski definition) is 1. The Morgan fingerprint density at radius 3 is 2.58 bits per heavy atom. The van der Waals surface area contributed by atoms with Gasteiger partial charge in [-0.25, -0.2) is 4.39 Å². The minimum atomic E-state index is -0.264. The van der Waals surface area contributed by atoms with Crippen LogP contribution in [0.25, 0.3) is 0 Å². The van der Waals surface area contributed by atoms with E-state index in [2.05, 4.69) is 12.2 Å². The van der Waals surface area contributed by atoms with Gasteiger partial charge >= 0.3 is 0 Å². The van der Waals surface area contributed by atoms with E-state index in [0.717, 1.165) is 13.0 Å². The molecule has 0 bridgehead atoms. The third-order valence-electron chi connectivity index (χ3n) is 3.06. The Bertz CT molecular complexity index is 384. The van der Waals surface area contributed by atoms with Crippen molar-refractivity contribution in [3.05, 3.63) is 29.6 Å². The SMILES string of the molecule is CCCNC(c1ccc(OC)cc1F)C(C)OCC. The Hall–Kier alpha value is -1.13. The molecule has 0 aliphatic rings. The molecule has 1 rings (SSSR count). The van der Waals surface area contributed by atoms with E-state index in [4.69, 9.17) is 9.47 Å². The van der Waals surface area contributed by atoms with Crippen molar-refractivity contribution in [3.63, 3.8) is 0 Å². The minimum absolute atomic E-state index is 0.0838. The zero-order chi connectivity index (χ0) is 14.3. The fourth-order valence-electron chi connectivity index (χ4n) is 2.07. The molecule has 0 amide bonds. The molecule has 2 unspecified atom stereocenters. The van der Waals surface area contributed by atoms with Crippen molar-refractivity contribution in [3.8, 4) is 5.75 Å². The van der Waals surface area contributed by atoms with E-state index in [9.17, 15) is 4.39 Å². The average molecular weight is 269 g/mol. The van der Waals surface area contributed by atoms with Crippen molar-refractivity contribution in [1.82, 2.24) is 5.32 Å². The van der Waals surface area contributed by atoms with E-state index in [1.807, 2.05) is 13.8 Å². The van der Waals surface area contributed by atoms with Crippen LogP contribution in [0.1, 0.15) is 38.8 Å². The van der Waals surface area contributed by atoms with Gasteiger partial charge in [0.15, 0.2) is 0 Å². The number of benzene rings is 1. The lowest BCUT2D eigenvalue weighted by Gasteiger charge is -2.26. The number of methoxy groups -OCH3 is 1. The highest BCUT2D eigenvalue weighted by atomic mass is 19.1. The van der Waals surface area contributed by atoms with Crippen LogP contribution in [0, 0.1) is 5.82 Å². The molecule has 4 heteroatoms. The molecule has 1 aromatic carbocycles. The standard InChI is InChI=1S/C15H24FNO2/c1-5-9-17-15(11(3)19-6-2)13-8-7-12(18-4)10-14(13)16/h7-8,10-11,15,17H,5-6,9H2,1-4H3. The lowest BCUT2D eigenvalue weighted by molar-refractivity contribution is 0.0463. The average Bonchev–Trinajstić information content (AvgIpc) is 2.40. The topological polar surface area (TPSA) is 30.5 Å². The van der Waals surface area contributed by atoms with Crippen LogP contribution in [-0.4, -0.2) is 26.4 Å². The second-order valence-corrected chi connectivity index (χ2v) is 4.48. The summed E-state index contributed by atoms with van der Waals surface area (Å²) >= 11 is 0. The van der Waals surface area contributed by atoms with E-state index >= 15 is 0 Å². The van der Waals surface area contributed by atoms with E-state index in [1.165, 1.54) is 13.2 Å². The van der Waals surface area contributed by atoms with Gasteiger partial charge in [0.1, 0.15) is 11.6 Å². The summed E-state index contributed by atoms with van der Waals surface area (Å²) in [5, 5.41) is 3.34. The first-order chi connectivity index (χ1) is 9.13. The molecule has 0 heterocycles. The van der Waals surface area contributed by atoms with E-state index in [1.54, 1.807) is 12.1 Å². The van der Waals surface area contributed by atoms with Crippen LogP contribution in [0.4, 0.5) is 4.39 Å². The molecule has 108 valence electrons. The molecule has 0 aromatic heterocycles. The zero-order valence-electron chi connectivity index (χ0n) is 12.2. The predicted octanol–water partition coefficient (Wildman–Crippen LogP) is 3.30. The van der Waals surface area contributed by atoms with Gasteiger partial charge in [-0.05, 0) is 32.9 Å². The zero-order valence-corrected chi connectivity index (χ0v) is 12.2. The molecule has 0 aliphatic carbocycles. The quantitative estimate of drug-likeness (QED) is 0.785. The summed E-state index contributed by atoms with van der Waals surface area (Å²) in [5.41, 5.74) is 0.621. The predicted molar refractivity (Wildman–Crippen MR) is 75.1 cm³/mol. The van der Waals surface area contributed by atoms with Crippen molar-refractivity contribution < 1.29 is 13.9 Å². The summed E-state index contributed by atoms with van der Waals surface area (Å²) in [6.07, 6.45) is 0.909. The van der Waals surface area contributed by atoms with Crippen LogP contribution < -0.4 is 10.1 Å². The highest BCUT2D eigenvalue weighted by molar-refractivity contribution is 5.31. The molecule has 0 fully saturated rings. The van der Waals surface area contributed by atoms with Crippen LogP contribution in [0.15, 0.2) is 18.2 Å². The summed E-state index contributed by atoms with van der Waals surface area (Å²) < 4.78 is 24.8. The molecule has 0 saturated heterocycles. The van der Waals surface area contributed by atoms with Crippen molar-refractivity contribution >= 4 is 0 Å². The number of ether oxygens (including phenoxy) is 2. The van der Waals surface area contributed by atoms with Gasteiger partial charge in [-0.15, -0.1) is 0 Å². The van der Waals surface area contributed by atoms with Gasteiger partial charge in [-0.1, -0.05) is 13.0 Å². The number of halogens is 1. The van der Waals surface area contributed by atoms with Crippen LogP contribution in [-0.2, 0) is 4.74 Å². The van der Waals surface area contributed by atoms with Gasteiger partial charge in [-0.3, -0.25) is 0 Å². The highest BCUT2D eigenvalue weighted by Gasteiger charge is 2.22. The summed E-state index contributed by atoms with van der Waals surface area (Å²) in [5.74, 6) is 0.263. The van der Waals surface area contributed by atoms with Crippen LogP contribution in [0.3, 0.4) is 0 Å². The molecular weight excluding hydrogens is 245 g/mol. The molecule has 0 saturated carbocycles. The van der Waals surface area contributed by atoms with E-state index in [-0.39, 0.29) is 18.0 Å². The van der Waals surface area contributed by atoms with Crippen molar-refractivity contribution in [2.45, 2.75) is 39.3 Å². The maximum atomic E-state index is 14.1. The number of hydrogen-bond acceptors (Lipinski definition) is 3. The van der Waals surface area contributed by atoms with Gasteiger partial charge < -0.3 is 14.8 Å². The first-order valence-corrected chi connectivity index (χ1v) is 6.82. The Labute approximate surface area is 115 Å². The second kappa shape index (κ2) is 8.12. The minimum Gasteiger partial charge on any atom is -0.497 e. The number of rotatable bonds is 8. The monoisotopic (exact) mass is 269 g/mol. The van der Waals surface area contributed by atoms with Gasteiger partial charge in [0, 0.05) is 18.2 Å².